The fourth-order valence-corrected chi connectivity index (χ4v) is 2.34. The Balaban J connectivity index is 2.57. The van der Waals surface area contributed by atoms with Crippen LogP contribution in [0.5, 0.6) is 0 Å². The second-order valence-corrected chi connectivity index (χ2v) is 5.58. The summed E-state index contributed by atoms with van der Waals surface area (Å²) in [5.74, 6) is 2.20. The molecule has 0 radical (unpaired) electrons. The number of aryl methyl sites for hydroxylation is 1. The van der Waals surface area contributed by atoms with Crippen molar-refractivity contribution in [2.75, 3.05) is 19.6 Å². The van der Waals surface area contributed by atoms with E-state index in [1.807, 2.05) is 0 Å². The van der Waals surface area contributed by atoms with Crippen molar-refractivity contribution in [2.45, 2.75) is 66.5 Å². The second-order valence-electron chi connectivity index (χ2n) is 5.58. The summed E-state index contributed by atoms with van der Waals surface area (Å²) < 4.78 is 6.00. The molecule has 0 bridgehead atoms. The number of hydrogen-bond donors (Lipinski definition) is 1. The minimum Gasteiger partial charge on any atom is -0.463 e. The summed E-state index contributed by atoms with van der Waals surface area (Å²) in [5, 5.41) is 3.33. The van der Waals surface area contributed by atoms with Gasteiger partial charge < -0.3 is 9.73 Å². The molecule has 0 aliphatic carbocycles. The molecular formula is C17H32N2O. The molecule has 1 aromatic rings. The fourth-order valence-electron chi connectivity index (χ4n) is 2.34. The van der Waals surface area contributed by atoms with Gasteiger partial charge in [-0.3, -0.25) is 4.90 Å². The lowest BCUT2D eigenvalue weighted by Gasteiger charge is -2.20. The van der Waals surface area contributed by atoms with Crippen LogP contribution < -0.4 is 5.32 Å². The number of hydrogen-bond acceptors (Lipinski definition) is 3. The molecule has 20 heavy (non-hydrogen) atoms. The first-order chi connectivity index (χ1) is 9.71. The van der Waals surface area contributed by atoms with Crippen LogP contribution in [0, 0.1) is 6.92 Å². The summed E-state index contributed by atoms with van der Waals surface area (Å²) in [6, 6.07) is 2.21. The lowest BCUT2D eigenvalue weighted by molar-refractivity contribution is 0.234. The van der Waals surface area contributed by atoms with E-state index >= 15 is 0 Å². The van der Waals surface area contributed by atoms with Crippen LogP contribution in [0.15, 0.2) is 10.5 Å². The molecule has 3 nitrogen and oxygen atoms in total. The number of unbranched alkanes of at least 4 members (excludes halogenated alkanes) is 2. The molecule has 0 fully saturated rings. The van der Waals surface area contributed by atoms with E-state index in [9.17, 15) is 0 Å². The minimum absolute atomic E-state index is 0.840. The molecule has 0 saturated carbocycles. The van der Waals surface area contributed by atoms with Crippen LogP contribution in [0.4, 0.5) is 0 Å². The third kappa shape index (κ3) is 6.10. The van der Waals surface area contributed by atoms with Crippen LogP contribution in [-0.4, -0.2) is 24.5 Å². The second kappa shape index (κ2) is 10.0. The van der Waals surface area contributed by atoms with Gasteiger partial charge in [-0.1, -0.05) is 33.6 Å². The summed E-state index contributed by atoms with van der Waals surface area (Å²) in [5.41, 5.74) is 1.27. The van der Waals surface area contributed by atoms with Gasteiger partial charge in [0.05, 0.1) is 13.1 Å². The van der Waals surface area contributed by atoms with E-state index in [0.717, 1.165) is 31.2 Å². The first-order valence-electron chi connectivity index (χ1n) is 8.22. The minimum atomic E-state index is 0.840. The van der Waals surface area contributed by atoms with E-state index in [4.69, 9.17) is 4.42 Å². The summed E-state index contributed by atoms with van der Waals surface area (Å²) in [6.45, 7) is 13.9. The van der Waals surface area contributed by atoms with E-state index in [0.29, 0.717) is 0 Å². The molecule has 0 amide bonds. The van der Waals surface area contributed by atoms with Gasteiger partial charge in [0.25, 0.3) is 0 Å². The van der Waals surface area contributed by atoms with Crippen molar-refractivity contribution < 1.29 is 4.42 Å². The first-order valence-corrected chi connectivity index (χ1v) is 8.22. The number of nitrogens with zero attached hydrogens (tertiary/aromatic N) is 1. The van der Waals surface area contributed by atoms with Crippen molar-refractivity contribution in [3.63, 3.8) is 0 Å². The highest BCUT2D eigenvalue weighted by atomic mass is 16.3. The van der Waals surface area contributed by atoms with Gasteiger partial charge in [0, 0.05) is 0 Å². The zero-order valence-corrected chi connectivity index (χ0v) is 13.8. The van der Waals surface area contributed by atoms with Gasteiger partial charge in [0.1, 0.15) is 11.5 Å². The molecule has 1 aromatic heterocycles. The normalized spacial score (nSPS) is 11.4. The maximum atomic E-state index is 6.00. The van der Waals surface area contributed by atoms with Crippen LogP contribution >= 0.6 is 0 Å². The molecule has 1 N–H and O–H groups in total. The predicted octanol–water partition coefficient (Wildman–Crippen LogP) is 4.10. The summed E-state index contributed by atoms with van der Waals surface area (Å²) >= 11 is 0. The summed E-state index contributed by atoms with van der Waals surface area (Å²) in [4.78, 5) is 2.53. The van der Waals surface area contributed by atoms with Crippen molar-refractivity contribution in [3.8, 4) is 0 Å². The Morgan fingerprint density at radius 3 is 2.30 bits per heavy atom. The quantitative estimate of drug-likeness (QED) is 0.661. The van der Waals surface area contributed by atoms with E-state index in [2.05, 4.69) is 44.0 Å². The molecule has 1 rings (SSSR count). The third-order valence-electron chi connectivity index (χ3n) is 3.64. The van der Waals surface area contributed by atoms with Crippen molar-refractivity contribution >= 4 is 0 Å². The molecular weight excluding hydrogens is 248 g/mol. The largest absolute Gasteiger partial charge is 0.463 e. The number of furan rings is 1. The zero-order valence-electron chi connectivity index (χ0n) is 13.8. The molecule has 0 unspecified atom stereocenters. The Morgan fingerprint density at radius 2 is 1.75 bits per heavy atom. The lowest BCUT2D eigenvalue weighted by atomic mass is 10.2. The predicted molar refractivity (Wildman–Crippen MR) is 85.9 cm³/mol. The molecule has 0 spiro atoms. The van der Waals surface area contributed by atoms with Gasteiger partial charge in [-0.05, 0) is 51.0 Å². The Morgan fingerprint density at radius 1 is 1.10 bits per heavy atom. The van der Waals surface area contributed by atoms with Crippen molar-refractivity contribution in [1.82, 2.24) is 10.2 Å². The molecule has 1 heterocycles. The zero-order chi connectivity index (χ0) is 14.8. The fraction of sp³-hybridized carbons (Fsp3) is 0.765. The molecule has 3 heteroatoms. The highest BCUT2D eigenvalue weighted by molar-refractivity contribution is 5.20. The molecule has 0 atom stereocenters. The number of nitrogens with one attached hydrogen (secondary N) is 1. The monoisotopic (exact) mass is 280 g/mol. The van der Waals surface area contributed by atoms with Gasteiger partial charge in [0.15, 0.2) is 0 Å². The third-order valence-corrected chi connectivity index (χ3v) is 3.64. The summed E-state index contributed by atoms with van der Waals surface area (Å²) in [7, 11) is 0. The lowest BCUT2D eigenvalue weighted by Crippen LogP contribution is -2.25. The van der Waals surface area contributed by atoms with Crippen LogP contribution in [0.2, 0.25) is 0 Å². The van der Waals surface area contributed by atoms with E-state index in [1.165, 1.54) is 44.3 Å². The maximum absolute atomic E-state index is 6.00. The molecule has 0 aliphatic rings. The Labute approximate surface area is 124 Å². The highest BCUT2D eigenvalue weighted by Crippen LogP contribution is 2.17. The standard InChI is InChI=1S/C17H32N2O/c1-5-8-10-19(11-9-6-2)14-16-12-15(4)17(20-16)13-18-7-3/h12,18H,5-11,13-14H2,1-4H3. The SMILES string of the molecule is CCCCN(CCCC)Cc1cc(C)c(CNCC)o1. The highest BCUT2D eigenvalue weighted by Gasteiger charge is 2.11. The van der Waals surface area contributed by atoms with Crippen LogP contribution in [0.1, 0.15) is 63.5 Å². The average Bonchev–Trinajstić information content (AvgIpc) is 2.79. The molecule has 116 valence electrons. The van der Waals surface area contributed by atoms with Gasteiger partial charge in [-0.15, -0.1) is 0 Å². The smallest absolute Gasteiger partial charge is 0.120 e. The Kier molecular flexibility index (Phi) is 8.63. The van der Waals surface area contributed by atoms with Gasteiger partial charge >= 0.3 is 0 Å². The van der Waals surface area contributed by atoms with Crippen LogP contribution in [0.3, 0.4) is 0 Å². The van der Waals surface area contributed by atoms with Gasteiger partial charge in [-0.25, -0.2) is 0 Å². The van der Waals surface area contributed by atoms with Crippen molar-refractivity contribution in [1.29, 1.82) is 0 Å². The van der Waals surface area contributed by atoms with Crippen molar-refractivity contribution in [2.24, 2.45) is 0 Å². The first kappa shape index (κ1) is 17.3. The number of rotatable bonds is 11. The van der Waals surface area contributed by atoms with Crippen molar-refractivity contribution in [3.05, 3.63) is 23.2 Å². The van der Waals surface area contributed by atoms with E-state index in [-0.39, 0.29) is 0 Å². The topological polar surface area (TPSA) is 28.4 Å². The Bertz CT molecular complexity index is 352. The molecule has 0 aromatic carbocycles. The molecule has 0 saturated heterocycles. The van der Waals surface area contributed by atoms with Crippen LogP contribution in [-0.2, 0) is 13.1 Å². The summed E-state index contributed by atoms with van der Waals surface area (Å²) in [6.07, 6.45) is 5.05. The van der Waals surface area contributed by atoms with Crippen LogP contribution in [0.25, 0.3) is 0 Å². The van der Waals surface area contributed by atoms with E-state index in [1.54, 1.807) is 0 Å². The average molecular weight is 280 g/mol. The molecule has 0 aliphatic heterocycles. The van der Waals surface area contributed by atoms with Gasteiger partial charge in [-0.2, -0.15) is 0 Å². The maximum Gasteiger partial charge on any atom is 0.120 e. The van der Waals surface area contributed by atoms with Gasteiger partial charge in [0.2, 0.25) is 0 Å². The van der Waals surface area contributed by atoms with E-state index < -0.39 is 0 Å². The Hall–Kier alpha value is -0.800.